The molecule has 0 saturated carbocycles. The lowest BCUT2D eigenvalue weighted by molar-refractivity contribution is 0.832. The third-order valence-electron chi connectivity index (χ3n) is 3.06. The SMILES string of the molecule is CC(C)c1cc2c(c(C(C)C)c1)N=CC2. The lowest BCUT2D eigenvalue weighted by atomic mass is 9.91. The molecule has 1 aliphatic rings. The molecule has 15 heavy (non-hydrogen) atoms. The van der Waals surface area contributed by atoms with E-state index in [4.69, 9.17) is 0 Å². The van der Waals surface area contributed by atoms with Crippen molar-refractivity contribution in [2.24, 2.45) is 4.99 Å². The summed E-state index contributed by atoms with van der Waals surface area (Å²) in [5, 5.41) is 0. The van der Waals surface area contributed by atoms with Gasteiger partial charge in [0.2, 0.25) is 0 Å². The fourth-order valence-electron chi connectivity index (χ4n) is 2.07. The van der Waals surface area contributed by atoms with E-state index in [0.717, 1.165) is 6.42 Å². The number of hydrogen-bond acceptors (Lipinski definition) is 1. The molecule has 0 bridgehead atoms. The second kappa shape index (κ2) is 3.80. The highest BCUT2D eigenvalue weighted by molar-refractivity contribution is 5.78. The maximum absolute atomic E-state index is 4.50. The van der Waals surface area contributed by atoms with E-state index in [1.807, 2.05) is 6.21 Å². The molecule has 1 aliphatic heterocycles. The number of nitrogens with zero attached hydrogens (tertiary/aromatic N) is 1. The molecule has 2 rings (SSSR count). The van der Waals surface area contributed by atoms with Crippen LogP contribution < -0.4 is 0 Å². The van der Waals surface area contributed by atoms with Gasteiger partial charge in [-0.1, -0.05) is 39.8 Å². The van der Waals surface area contributed by atoms with Gasteiger partial charge in [-0.05, 0) is 28.5 Å². The third kappa shape index (κ3) is 1.83. The maximum atomic E-state index is 4.50. The van der Waals surface area contributed by atoms with Crippen LogP contribution in [0.15, 0.2) is 17.1 Å². The van der Waals surface area contributed by atoms with Crippen molar-refractivity contribution >= 4 is 11.9 Å². The van der Waals surface area contributed by atoms with Gasteiger partial charge in [-0.2, -0.15) is 0 Å². The Hall–Kier alpha value is -1.11. The lowest BCUT2D eigenvalue weighted by Crippen LogP contribution is -1.96. The molecule has 0 amide bonds. The Bertz CT molecular complexity index is 400. The molecule has 0 aromatic heterocycles. The molecule has 1 nitrogen and oxygen atoms in total. The molecule has 0 unspecified atom stereocenters. The molecule has 0 atom stereocenters. The van der Waals surface area contributed by atoms with Gasteiger partial charge in [0.1, 0.15) is 0 Å². The van der Waals surface area contributed by atoms with Gasteiger partial charge in [0.25, 0.3) is 0 Å². The van der Waals surface area contributed by atoms with Crippen molar-refractivity contribution in [3.8, 4) is 0 Å². The molecular formula is C14H19N. The van der Waals surface area contributed by atoms with E-state index in [-0.39, 0.29) is 0 Å². The zero-order valence-electron chi connectivity index (χ0n) is 10.0. The first-order valence-corrected chi connectivity index (χ1v) is 5.79. The predicted octanol–water partition coefficient (Wildman–Crippen LogP) is 4.19. The molecule has 0 fully saturated rings. The van der Waals surface area contributed by atoms with Crippen LogP contribution in [0.5, 0.6) is 0 Å². The first-order chi connectivity index (χ1) is 7.09. The van der Waals surface area contributed by atoms with Crippen LogP contribution in [0.3, 0.4) is 0 Å². The van der Waals surface area contributed by atoms with Crippen molar-refractivity contribution in [3.63, 3.8) is 0 Å². The van der Waals surface area contributed by atoms with Gasteiger partial charge >= 0.3 is 0 Å². The molecule has 0 aliphatic carbocycles. The average Bonchev–Trinajstić information content (AvgIpc) is 2.62. The van der Waals surface area contributed by atoms with E-state index in [2.05, 4.69) is 44.8 Å². The Morgan fingerprint density at radius 2 is 1.80 bits per heavy atom. The molecular weight excluding hydrogens is 182 g/mol. The summed E-state index contributed by atoms with van der Waals surface area (Å²) >= 11 is 0. The van der Waals surface area contributed by atoms with Gasteiger partial charge < -0.3 is 0 Å². The van der Waals surface area contributed by atoms with E-state index in [1.165, 1.54) is 22.4 Å². The van der Waals surface area contributed by atoms with Crippen LogP contribution in [0.25, 0.3) is 0 Å². The smallest absolute Gasteiger partial charge is 0.0696 e. The van der Waals surface area contributed by atoms with Crippen molar-refractivity contribution in [2.45, 2.75) is 46.0 Å². The monoisotopic (exact) mass is 201 g/mol. The number of aliphatic imine (C=N–C) groups is 1. The normalized spacial score (nSPS) is 14.0. The summed E-state index contributed by atoms with van der Waals surface area (Å²) < 4.78 is 0. The van der Waals surface area contributed by atoms with Crippen LogP contribution in [0.4, 0.5) is 5.69 Å². The first kappa shape index (κ1) is 10.4. The zero-order chi connectivity index (χ0) is 11.0. The summed E-state index contributed by atoms with van der Waals surface area (Å²) in [5.41, 5.74) is 5.49. The molecule has 0 N–H and O–H groups in total. The fourth-order valence-corrected chi connectivity index (χ4v) is 2.07. The summed E-state index contributed by atoms with van der Waals surface area (Å²) in [5.74, 6) is 1.17. The summed E-state index contributed by atoms with van der Waals surface area (Å²) in [6.07, 6.45) is 3.04. The lowest BCUT2D eigenvalue weighted by Gasteiger charge is -2.15. The van der Waals surface area contributed by atoms with Crippen LogP contribution in [-0.4, -0.2) is 6.21 Å². The third-order valence-corrected chi connectivity index (χ3v) is 3.06. The van der Waals surface area contributed by atoms with Crippen molar-refractivity contribution in [1.82, 2.24) is 0 Å². The number of hydrogen-bond donors (Lipinski definition) is 0. The highest BCUT2D eigenvalue weighted by atomic mass is 14.8. The van der Waals surface area contributed by atoms with Crippen molar-refractivity contribution < 1.29 is 0 Å². The number of benzene rings is 1. The van der Waals surface area contributed by atoms with Gasteiger partial charge in [-0.25, -0.2) is 0 Å². The summed E-state index contributed by atoms with van der Waals surface area (Å²) in [4.78, 5) is 4.50. The maximum Gasteiger partial charge on any atom is 0.0696 e. The Morgan fingerprint density at radius 3 is 2.40 bits per heavy atom. The van der Waals surface area contributed by atoms with Gasteiger partial charge in [0.15, 0.2) is 0 Å². The first-order valence-electron chi connectivity index (χ1n) is 5.79. The minimum Gasteiger partial charge on any atom is -0.260 e. The minimum atomic E-state index is 0.563. The van der Waals surface area contributed by atoms with E-state index in [9.17, 15) is 0 Å². The molecule has 1 aromatic carbocycles. The van der Waals surface area contributed by atoms with E-state index >= 15 is 0 Å². The van der Waals surface area contributed by atoms with Gasteiger partial charge in [-0.15, -0.1) is 0 Å². The highest BCUT2D eigenvalue weighted by Crippen LogP contribution is 2.36. The molecule has 0 saturated heterocycles. The summed E-state index contributed by atoms with van der Waals surface area (Å²) in [6, 6.07) is 4.65. The average molecular weight is 201 g/mol. The molecule has 80 valence electrons. The van der Waals surface area contributed by atoms with Crippen LogP contribution >= 0.6 is 0 Å². The fraction of sp³-hybridized carbons (Fsp3) is 0.500. The minimum absolute atomic E-state index is 0.563. The number of rotatable bonds is 2. The summed E-state index contributed by atoms with van der Waals surface area (Å²) in [6.45, 7) is 8.99. The van der Waals surface area contributed by atoms with Crippen molar-refractivity contribution in [2.75, 3.05) is 0 Å². The van der Waals surface area contributed by atoms with Crippen LogP contribution in [0, 0.1) is 0 Å². The molecule has 1 heterocycles. The largest absolute Gasteiger partial charge is 0.260 e. The Labute approximate surface area is 92.2 Å². The highest BCUT2D eigenvalue weighted by Gasteiger charge is 2.16. The molecule has 1 aromatic rings. The number of fused-ring (bicyclic) bond motifs is 1. The topological polar surface area (TPSA) is 12.4 Å². The van der Waals surface area contributed by atoms with Crippen molar-refractivity contribution in [3.05, 3.63) is 28.8 Å². The van der Waals surface area contributed by atoms with Crippen molar-refractivity contribution in [1.29, 1.82) is 0 Å². The van der Waals surface area contributed by atoms with Crippen LogP contribution in [0.2, 0.25) is 0 Å². The van der Waals surface area contributed by atoms with Gasteiger partial charge in [-0.3, -0.25) is 4.99 Å². The Kier molecular flexibility index (Phi) is 2.64. The standard InChI is InChI=1S/C14H19N/c1-9(2)12-7-11-5-6-15-14(11)13(8-12)10(3)4/h6-10H,5H2,1-4H3. The molecule has 0 spiro atoms. The van der Waals surface area contributed by atoms with Crippen LogP contribution in [0.1, 0.15) is 56.2 Å². The van der Waals surface area contributed by atoms with Crippen LogP contribution in [-0.2, 0) is 6.42 Å². The van der Waals surface area contributed by atoms with E-state index in [1.54, 1.807) is 0 Å². The summed E-state index contributed by atoms with van der Waals surface area (Å²) in [7, 11) is 0. The second-order valence-corrected chi connectivity index (χ2v) is 4.94. The quantitative estimate of drug-likeness (QED) is 0.680. The second-order valence-electron chi connectivity index (χ2n) is 4.94. The molecule has 1 heteroatoms. The van der Waals surface area contributed by atoms with Gasteiger partial charge in [0, 0.05) is 12.6 Å². The van der Waals surface area contributed by atoms with E-state index < -0.39 is 0 Å². The Balaban J connectivity index is 2.56. The zero-order valence-corrected chi connectivity index (χ0v) is 10.0. The Morgan fingerprint density at radius 1 is 1.07 bits per heavy atom. The van der Waals surface area contributed by atoms with E-state index in [0.29, 0.717) is 11.8 Å². The molecule has 0 radical (unpaired) electrons. The predicted molar refractivity (Wildman–Crippen MR) is 66.5 cm³/mol. The van der Waals surface area contributed by atoms with Gasteiger partial charge in [0.05, 0.1) is 5.69 Å².